The van der Waals surface area contributed by atoms with E-state index in [-0.39, 0.29) is 0 Å². The van der Waals surface area contributed by atoms with Crippen LogP contribution in [-0.4, -0.2) is 42.8 Å². The van der Waals surface area contributed by atoms with Gasteiger partial charge >= 0.3 is 0 Å². The van der Waals surface area contributed by atoms with Crippen LogP contribution in [0.15, 0.2) is 60.0 Å². The van der Waals surface area contributed by atoms with E-state index in [0.29, 0.717) is 11.9 Å². The van der Waals surface area contributed by atoms with Crippen molar-refractivity contribution < 1.29 is 4.74 Å². The van der Waals surface area contributed by atoms with Crippen LogP contribution in [0.1, 0.15) is 6.92 Å². The van der Waals surface area contributed by atoms with Gasteiger partial charge in [0.25, 0.3) is 0 Å². The lowest BCUT2D eigenvalue weighted by atomic mass is 10.1. The Balaban J connectivity index is 1.47. The van der Waals surface area contributed by atoms with Crippen molar-refractivity contribution in [1.82, 2.24) is 9.97 Å². The zero-order valence-corrected chi connectivity index (χ0v) is 18.9. The van der Waals surface area contributed by atoms with Crippen LogP contribution in [0.3, 0.4) is 0 Å². The van der Waals surface area contributed by atoms with Crippen LogP contribution in [0.5, 0.6) is 5.75 Å². The number of rotatable bonds is 5. The predicted octanol–water partition coefficient (Wildman–Crippen LogP) is 5.74. The molecule has 5 rings (SSSR count). The fourth-order valence-electron chi connectivity index (χ4n) is 4.05. The maximum absolute atomic E-state index is 6.31. The Morgan fingerprint density at radius 2 is 1.65 bits per heavy atom. The smallest absolute Gasteiger partial charge is 0.225 e. The number of fused-ring (bicyclic) bond motifs is 1. The number of nitrogens with zero attached hydrogens (tertiary/aromatic N) is 4. The lowest BCUT2D eigenvalue weighted by Gasteiger charge is -2.37. The molecule has 4 aromatic rings. The molecule has 0 spiro atoms. The number of hydrogen-bond acceptors (Lipinski definition) is 6. The highest BCUT2D eigenvalue weighted by molar-refractivity contribution is 7.17. The van der Waals surface area contributed by atoms with Gasteiger partial charge in [0.15, 0.2) is 0 Å². The molecule has 2 aromatic carbocycles. The third-order valence-corrected chi connectivity index (χ3v) is 6.61. The van der Waals surface area contributed by atoms with E-state index in [0.717, 1.165) is 59.1 Å². The van der Waals surface area contributed by atoms with Gasteiger partial charge < -0.3 is 14.5 Å². The van der Waals surface area contributed by atoms with Crippen LogP contribution in [0.4, 0.5) is 11.5 Å². The zero-order chi connectivity index (χ0) is 21.2. The number of halogens is 1. The molecule has 0 atom stereocenters. The van der Waals surface area contributed by atoms with E-state index in [1.165, 1.54) is 5.69 Å². The van der Waals surface area contributed by atoms with Crippen LogP contribution in [0.2, 0.25) is 5.28 Å². The molecule has 0 radical (unpaired) electrons. The summed E-state index contributed by atoms with van der Waals surface area (Å²) in [6.45, 7) is 6.30. The topological polar surface area (TPSA) is 41.5 Å². The van der Waals surface area contributed by atoms with E-state index in [4.69, 9.17) is 16.3 Å². The minimum absolute atomic E-state index is 0.299. The Bertz CT molecular complexity index is 1170. The third-order valence-electron chi connectivity index (χ3n) is 5.56. The molecule has 2 aromatic heterocycles. The van der Waals surface area contributed by atoms with E-state index in [1.807, 2.05) is 19.1 Å². The SMILES string of the molecule is CCOc1ccc(-c2csc3nc(Cl)nc(N4CCN(c5ccccc5)CC4)c23)cc1. The molecule has 7 heteroatoms. The summed E-state index contributed by atoms with van der Waals surface area (Å²) in [4.78, 5) is 14.8. The van der Waals surface area contributed by atoms with Gasteiger partial charge in [-0.05, 0) is 48.4 Å². The average Bonchev–Trinajstić information content (AvgIpc) is 3.24. The lowest BCUT2D eigenvalue weighted by Crippen LogP contribution is -2.47. The molecular formula is C24H23ClN4OS. The monoisotopic (exact) mass is 450 g/mol. The molecule has 1 saturated heterocycles. The summed E-state index contributed by atoms with van der Waals surface area (Å²) in [5.41, 5.74) is 3.53. The van der Waals surface area contributed by atoms with E-state index in [1.54, 1.807) is 11.3 Å². The van der Waals surface area contributed by atoms with Crippen LogP contribution in [0.25, 0.3) is 21.3 Å². The van der Waals surface area contributed by atoms with Gasteiger partial charge in [0.2, 0.25) is 5.28 Å². The lowest BCUT2D eigenvalue weighted by molar-refractivity contribution is 0.340. The fraction of sp³-hybridized carbons (Fsp3) is 0.250. The van der Waals surface area contributed by atoms with E-state index < -0.39 is 0 Å². The van der Waals surface area contributed by atoms with Crippen molar-refractivity contribution in [2.45, 2.75) is 6.92 Å². The molecular weight excluding hydrogens is 428 g/mol. The second kappa shape index (κ2) is 8.73. The van der Waals surface area contributed by atoms with E-state index in [2.05, 4.69) is 67.6 Å². The molecule has 3 heterocycles. The maximum Gasteiger partial charge on any atom is 0.225 e. The van der Waals surface area contributed by atoms with Crippen LogP contribution in [-0.2, 0) is 0 Å². The molecule has 1 fully saturated rings. The van der Waals surface area contributed by atoms with Gasteiger partial charge in [0, 0.05) is 42.8 Å². The van der Waals surface area contributed by atoms with E-state index >= 15 is 0 Å². The van der Waals surface area contributed by atoms with E-state index in [9.17, 15) is 0 Å². The molecule has 0 unspecified atom stereocenters. The van der Waals surface area contributed by atoms with Gasteiger partial charge in [-0.15, -0.1) is 11.3 Å². The highest BCUT2D eigenvalue weighted by Gasteiger charge is 2.23. The van der Waals surface area contributed by atoms with Gasteiger partial charge in [0.05, 0.1) is 12.0 Å². The summed E-state index contributed by atoms with van der Waals surface area (Å²) in [6, 6.07) is 18.8. The van der Waals surface area contributed by atoms with Gasteiger partial charge in [-0.3, -0.25) is 0 Å². The second-order valence-electron chi connectivity index (χ2n) is 7.41. The predicted molar refractivity (Wildman–Crippen MR) is 130 cm³/mol. The standard InChI is InChI=1S/C24H23ClN4OS/c1-2-30-19-10-8-17(9-11-19)20-16-31-23-21(20)22(26-24(25)27-23)29-14-12-28(13-15-29)18-6-4-3-5-7-18/h3-11,16H,2,12-15H2,1H3. The first kappa shape index (κ1) is 20.1. The molecule has 31 heavy (non-hydrogen) atoms. The van der Waals surface area contributed by atoms with Gasteiger partial charge in [-0.2, -0.15) is 4.98 Å². The number of benzene rings is 2. The first-order chi connectivity index (χ1) is 15.2. The second-order valence-corrected chi connectivity index (χ2v) is 8.61. The molecule has 0 saturated carbocycles. The summed E-state index contributed by atoms with van der Waals surface area (Å²) >= 11 is 7.92. The summed E-state index contributed by atoms with van der Waals surface area (Å²) < 4.78 is 5.59. The van der Waals surface area contributed by atoms with Crippen molar-refractivity contribution in [2.75, 3.05) is 42.6 Å². The highest BCUT2D eigenvalue weighted by atomic mass is 35.5. The van der Waals surface area contributed by atoms with Crippen molar-refractivity contribution in [3.05, 3.63) is 65.3 Å². The first-order valence-corrected chi connectivity index (χ1v) is 11.7. The summed E-state index contributed by atoms with van der Waals surface area (Å²) in [5.74, 6) is 1.80. The fourth-order valence-corrected chi connectivity index (χ4v) is 5.21. The number of aromatic nitrogens is 2. The molecule has 1 aliphatic rings. The number of ether oxygens (including phenoxy) is 1. The number of para-hydroxylation sites is 1. The Labute approximate surface area is 190 Å². The summed E-state index contributed by atoms with van der Waals surface area (Å²) in [6.07, 6.45) is 0. The molecule has 158 valence electrons. The van der Waals surface area contributed by atoms with Gasteiger partial charge in [0.1, 0.15) is 16.4 Å². The van der Waals surface area contributed by atoms with Gasteiger partial charge in [-0.25, -0.2) is 4.98 Å². The van der Waals surface area contributed by atoms with Crippen LogP contribution in [0, 0.1) is 0 Å². The zero-order valence-electron chi connectivity index (χ0n) is 17.3. The number of hydrogen-bond donors (Lipinski definition) is 0. The summed E-state index contributed by atoms with van der Waals surface area (Å²) in [5, 5.41) is 3.52. The Kier molecular flexibility index (Phi) is 5.66. The number of thiophene rings is 1. The molecule has 0 bridgehead atoms. The van der Waals surface area contributed by atoms with Crippen molar-refractivity contribution in [3.63, 3.8) is 0 Å². The van der Waals surface area contributed by atoms with Crippen molar-refractivity contribution in [3.8, 4) is 16.9 Å². The van der Waals surface area contributed by atoms with Crippen molar-refractivity contribution in [1.29, 1.82) is 0 Å². The highest BCUT2D eigenvalue weighted by Crippen LogP contribution is 2.39. The number of piperazine rings is 1. The molecule has 1 aliphatic heterocycles. The van der Waals surface area contributed by atoms with Crippen molar-refractivity contribution in [2.24, 2.45) is 0 Å². The molecule has 0 aliphatic carbocycles. The minimum atomic E-state index is 0.299. The van der Waals surface area contributed by atoms with Crippen LogP contribution >= 0.6 is 22.9 Å². The minimum Gasteiger partial charge on any atom is -0.494 e. The first-order valence-electron chi connectivity index (χ1n) is 10.5. The average molecular weight is 451 g/mol. The Morgan fingerprint density at radius 1 is 0.935 bits per heavy atom. The molecule has 0 amide bonds. The summed E-state index contributed by atoms with van der Waals surface area (Å²) in [7, 11) is 0. The normalized spacial score (nSPS) is 14.3. The van der Waals surface area contributed by atoms with Gasteiger partial charge in [-0.1, -0.05) is 30.3 Å². The third kappa shape index (κ3) is 4.05. The van der Waals surface area contributed by atoms with Crippen LogP contribution < -0.4 is 14.5 Å². The molecule has 0 N–H and O–H groups in total. The molecule has 5 nitrogen and oxygen atoms in total. The largest absolute Gasteiger partial charge is 0.494 e. The number of anilines is 2. The maximum atomic E-state index is 6.31. The Hall–Kier alpha value is -2.83. The van der Waals surface area contributed by atoms with Crippen molar-refractivity contribution >= 4 is 44.7 Å². The quantitative estimate of drug-likeness (QED) is 0.363. The Morgan fingerprint density at radius 3 is 2.35 bits per heavy atom.